The number of amides is 1. The molecule has 1 aromatic carbocycles. The Kier molecular flexibility index (Phi) is 8.65. The van der Waals surface area contributed by atoms with E-state index in [1.165, 1.54) is 19.1 Å². The molecule has 1 aliphatic carbocycles. The molecule has 1 spiro atoms. The van der Waals surface area contributed by atoms with Crippen LogP contribution in [0.5, 0.6) is 5.75 Å². The maximum absolute atomic E-state index is 12.0. The number of hydrogen-bond acceptors (Lipinski definition) is 5. The number of hydrogen-bond donors (Lipinski definition) is 3. The van der Waals surface area contributed by atoms with Crippen LogP contribution in [0.1, 0.15) is 70.0 Å². The third kappa shape index (κ3) is 6.81. The molecule has 0 bridgehead atoms. The minimum Gasteiger partial charge on any atom is -0.486 e. The smallest absolute Gasteiger partial charge is 0.246 e. The number of carbonyl (C=O) groups is 1. The summed E-state index contributed by atoms with van der Waals surface area (Å²) in [7, 11) is 1.48. The molecule has 3 N–H and O–H groups in total. The van der Waals surface area contributed by atoms with Crippen molar-refractivity contribution in [2.45, 2.75) is 83.1 Å². The van der Waals surface area contributed by atoms with E-state index in [4.69, 9.17) is 9.47 Å². The number of aliphatic hydroxyl groups excluding tert-OH is 1. The number of methoxy groups -OCH3 is 1. The molecule has 7 heteroatoms. The van der Waals surface area contributed by atoms with Gasteiger partial charge in [0.25, 0.3) is 0 Å². The second kappa shape index (κ2) is 10.9. The van der Waals surface area contributed by atoms with Crippen molar-refractivity contribution in [3.63, 3.8) is 0 Å². The Morgan fingerprint density at radius 2 is 2.15 bits per heavy atom. The molecule has 33 heavy (non-hydrogen) atoms. The van der Waals surface area contributed by atoms with Gasteiger partial charge >= 0.3 is 0 Å². The van der Waals surface area contributed by atoms with Gasteiger partial charge in [0, 0.05) is 31.7 Å². The Morgan fingerprint density at radius 3 is 2.73 bits per heavy atom. The van der Waals surface area contributed by atoms with Gasteiger partial charge in [0.2, 0.25) is 5.91 Å². The Bertz CT molecular complexity index is 847. The van der Waals surface area contributed by atoms with Crippen molar-refractivity contribution in [3.05, 3.63) is 40.4 Å². The minimum absolute atomic E-state index is 0.0335. The van der Waals surface area contributed by atoms with Crippen LogP contribution < -0.4 is 15.4 Å². The highest BCUT2D eigenvalue weighted by Crippen LogP contribution is 2.51. The Balaban J connectivity index is 1.79. The summed E-state index contributed by atoms with van der Waals surface area (Å²) < 4.78 is 12.4. The Hall–Kier alpha value is -1.41. The van der Waals surface area contributed by atoms with Gasteiger partial charge in [-0.3, -0.25) is 4.79 Å². The number of carbonyl (C=O) groups excluding carboxylic acids is 1. The van der Waals surface area contributed by atoms with Gasteiger partial charge in [0.1, 0.15) is 18.0 Å². The first kappa shape index (κ1) is 26.2. The molecule has 0 saturated heterocycles. The third-order valence-corrected chi connectivity index (χ3v) is 7.07. The Morgan fingerprint density at radius 1 is 1.42 bits per heavy atom. The standard InChI is InChI=1S/C26H39BrN2O4/c1-6-8-20(29-23(31)16-32-5)22(30)15-28-21-14-26(9-7-10-26)33-24-18(21)11-17(12-19(24)27)13-25(2,3)4/h6,11-12,20-22,28,30H,1,7-10,13-16H2,2-5H3,(H,29,31)/t20-,21-,22+/m0/s1. The van der Waals surface area contributed by atoms with Crippen LogP contribution >= 0.6 is 15.9 Å². The molecule has 6 nitrogen and oxygen atoms in total. The monoisotopic (exact) mass is 522 g/mol. The highest BCUT2D eigenvalue weighted by Gasteiger charge is 2.46. The molecule has 0 radical (unpaired) electrons. The van der Waals surface area contributed by atoms with E-state index in [1.807, 2.05) is 0 Å². The summed E-state index contributed by atoms with van der Waals surface area (Å²) in [5.41, 5.74) is 2.45. The molecule has 1 heterocycles. The zero-order valence-electron chi connectivity index (χ0n) is 20.4. The van der Waals surface area contributed by atoms with Crippen molar-refractivity contribution in [2.24, 2.45) is 5.41 Å². The maximum atomic E-state index is 12.0. The molecule has 1 saturated carbocycles. The quantitative estimate of drug-likeness (QED) is 0.395. The van der Waals surface area contributed by atoms with Crippen molar-refractivity contribution in [3.8, 4) is 5.75 Å². The van der Waals surface area contributed by atoms with Gasteiger partial charge in [-0.05, 0) is 65.1 Å². The molecule has 2 aliphatic rings. The summed E-state index contributed by atoms with van der Waals surface area (Å²) in [6.07, 6.45) is 6.56. The lowest BCUT2D eigenvalue weighted by Gasteiger charge is -2.48. The molecule has 1 amide bonds. The summed E-state index contributed by atoms with van der Waals surface area (Å²) in [5.74, 6) is 0.672. The first-order valence-electron chi connectivity index (χ1n) is 11.9. The molecule has 1 aliphatic heterocycles. The lowest BCUT2D eigenvalue weighted by atomic mass is 9.72. The number of fused-ring (bicyclic) bond motifs is 1. The molecule has 3 atom stereocenters. The highest BCUT2D eigenvalue weighted by molar-refractivity contribution is 9.10. The fraction of sp³-hybridized carbons (Fsp3) is 0.654. The van der Waals surface area contributed by atoms with Crippen molar-refractivity contribution >= 4 is 21.8 Å². The summed E-state index contributed by atoms with van der Waals surface area (Å²) in [5, 5.41) is 17.3. The molecular weight excluding hydrogens is 484 g/mol. The van der Waals surface area contributed by atoms with Crippen LogP contribution in [-0.4, -0.2) is 49.0 Å². The maximum Gasteiger partial charge on any atom is 0.246 e. The van der Waals surface area contributed by atoms with Crippen LogP contribution in [0.4, 0.5) is 0 Å². The van der Waals surface area contributed by atoms with E-state index in [-0.39, 0.29) is 29.6 Å². The van der Waals surface area contributed by atoms with Gasteiger partial charge in [-0.25, -0.2) is 0 Å². The van der Waals surface area contributed by atoms with Crippen molar-refractivity contribution in [1.29, 1.82) is 0 Å². The summed E-state index contributed by atoms with van der Waals surface area (Å²) in [6.45, 7) is 10.8. The second-order valence-corrected chi connectivity index (χ2v) is 11.6. The fourth-order valence-electron chi connectivity index (χ4n) is 4.83. The zero-order chi connectivity index (χ0) is 24.2. The second-order valence-electron chi connectivity index (χ2n) is 10.7. The van der Waals surface area contributed by atoms with E-state index in [2.05, 4.69) is 66.0 Å². The molecule has 0 unspecified atom stereocenters. The average Bonchev–Trinajstić information content (AvgIpc) is 2.69. The molecular formula is C26H39BrN2O4. The zero-order valence-corrected chi connectivity index (χ0v) is 22.0. The molecule has 1 aromatic rings. The number of nitrogens with one attached hydrogen (secondary N) is 2. The molecule has 1 fully saturated rings. The predicted octanol–water partition coefficient (Wildman–Crippen LogP) is 4.44. The van der Waals surface area contributed by atoms with Crippen LogP contribution in [0.25, 0.3) is 0 Å². The number of rotatable bonds is 10. The van der Waals surface area contributed by atoms with E-state index in [9.17, 15) is 9.90 Å². The lowest BCUT2D eigenvalue weighted by molar-refractivity contribution is -0.126. The topological polar surface area (TPSA) is 79.8 Å². The fourth-order valence-corrected chi connectivity index (χ4v) is 5.43. The normalized spacial score (nSPS) is 20.8. The van der Waals surface area contributed by atoms with Gasteiger partial charge in [0.05, 0.1) is 16.6 Å². The van der Waals surface area contributed by atoms with E-state index < -0.39 is 12.1 Å². The first-order valence-corrected chi connectivity index (χ1v) is 12.7. The largest absolute Gasteiger partial charge is 0.486 e. The van der Waals surface area contributed by atoms with Gasteiger partial charge in [-0.2, -0.15) is 0 Å². The summed E-state index contributed by atoms with van der Waals surface area (Å²) in [4.78, 5) is 12.0. The number of halogens is 1. The molecule has 184 valence electrons. The minimum atomic E-state index is -0.756. The lowest BCUT2D eigenvalue weighted by Crippen LogP contribution is -2.52. The molecule has 3 rings (SSSR count). The van der Waals surface area contributed by atoms with Crippen molar-refractivity contribution < 1.29 is 19.4 Å². The van der Waals surface area contributed by atoms with E-state index in [0.717, 1.165) is 41.5 Å². The van der Waals surface area contributed by atoms with E-state index >= 15 is 0 Å². The van der Waals surface area contributed by atoms with Crippen LogP contribution in [0, 0.1) is 5.41 Å². The van der Waals surface area contributed by atoms with Crippen LogP contribution in [-0.2, 0) is 16.0 Å². The Labute approximate surface area is 206 Å². The SMILES string of the molecule is C=CC[C@H](NC(=O)COC)[C@H](O)CN[C@H]1CC2(CCC2)Oc2c(Br)cc(CC(C)(C)C)cc21. The van der Waals surface area contributed by atoms with Crippen LogP contribution in [0.2, 0.25) is 0 Å². The number of ether oxygens (including phenoxy) is 2. The van der Waals surface area contributed by atoms with E-state index in [0.29, 0.717) is 13.0 Å². The average molecular weight is 524 g/mol. The van der Waals surface area contributed by atoms with Gasteiger partial charge in [-0.15, -0.1) is 6.58 Å². The summed E-state index contributed by atoms with van der Waals surface area (Å²) in [6, 6.07) is 4.08. The number of benzene rings is 1. The van der Waals surface area contributed by atoms with Gasteiger partial charge in [0.15, 0.2) is 0 Å². The van der Waals surface area contributed by atoms with Crippen LogP contribution in [0.3, 0.4) is 0 Å². The third-order valence-electron chi connectivity index (χ3n) is 6.48. The van der Waals surface area contributed by atoms with Crippen molar-refractivity contribution in [1.82, 2.24) is 10.6 Å². The van der Waals surface area contributed by atoms with Gasteiger partial charge < -0.3 is 25.2 Å². The van der Waals surface area contributed by atoms with E-state index in [1.54, 1.807) is 6.08 Å². The summed E-state index contributed by atoms with van der Waals surface area (Å²) >= 11 is 3.77. The first-order chi connectivity index (χ1) is 15.6. The van der Waals surface area contributed by atoms with Crippen LogP contribution in [0.15, 0.2) is 29.3 Å². The van der Waals surface area contributed by atoms with Crippen molar-refractivity contribution in [2.75, 3.05) is 20.3 Å². The highest BCUT2D eigenvalue weighted by atomic mass is 79.9. The number of aliphatic hydroxyl groups is 1. The molecule has 0 aromatic heterocycles. The van der Waals surface area contributed by atoms with Gasteiger partial charge in [-0.1, -0.05) is 32.9 Å². The predicted molar refractivity (Wildman–Crippen MR) is 134 cm³/mol.